The second kappa shape index (κ2) is 4.03. The molecule has 0 radical (unpaired) electrons. The van der Waals surface area contributed by atoms with E-state index in [0.717, 1.165) is 4.70 Å². The Morgan fingerprint density at radius 2 is 2.35 bits per heavy atom. The molecule has 1 unspecified atom stereocenters. The summed E-state index contributed by atoms with van der Waals surface area (Å²) >= 11 is 4.76. The van der Waals surface area contributed by atoms with Crippen molar-refractivity contribution in [1.82, 2.24) is 4.98 Å². The van der Waals surface area contributed by atoms with Gasteiger partial charge in [-0.2, -0.15) is 0 Å². The number of anilines is 1. The van der Waals surface area contributed by atoms with Crippen LogP contribution in [0.1, 0.15) is 6.42 Å². The Labute approximate surface area is 109 Å². The van der Waals surface area contributed by atoms with Gasteiger partial charge in [-0.25, -0.2) is 9.37 Å². The minimum atomic E-state index is -0.341. The van der Waals surface area contributed by atoms with E-state index in [1.807, 2.05) is 6.07 Å². The van der Waals surface area contributed by atoms with E-state index in [9.17, 15) is 9.18 Å². The van der Waals surface area contributed by atoms with Crippen LogP contribution < -0.4 is 4.90 Å². The van der Waals surface area contributed by atoms with Crippen molar-refractivity contribution >= 4 is 48.5 Å². The van der Waals surface area contributed by atoms with Gasteiger partial charge in [-0.15, -0.1) is 0 Å². The van der Waals surface area contributed by atoms with Crippen LogP contribution in [-0.2, 0) is 4.79 Å². The minimum absolute atomic E-state index is 0.0336. The van der Waals surface area contributed by atoms with E-state index >= 15 is 0 Å². The lowest BCUT2D eigenvalue weighted by atomic mass is 10.3. The fourth-order valence-electron chi connectivity index (χ4n) is 1.87. The van der Waals surface area contributed by atoms with Crippen molar-refractivity contribution in [3.05, 3.63) is 24.0 Å². The number of nitrogens with zero attached hydrogens (tertiary/aromatic N) is 2. The van der Waals surface area contributed by atoms with E-state index in [0.29, 0.717) is 23.6 Å². The van der Waals surface area contributed by atoms with Crippen LogP contribution in [0.4, 0.5) is 9.52 Å². The number of fused-ring (bicyclic) bond motifs is 1. The third kappa shape index (κ3) is 1.85. The highest BCUT2D eigenvalue weighted by atomic mass is 79.9. The molecule has 3 nitrogen and oxygen atoms in total. The molecule has 1 aliphatic rings. The van der Waals surface area contributed by atoms with E-state index in [2.05, 4.69) is 20.9 Å². The van der Waals surface area contributed by atoms with Crippen LogP contribution in [0.15, 0.2) is 18.2 Å². The van der Waals surface area contributed by atoms with E-state index in [4.69, 9.17) is 0 Å². The van der Waals surface area contributed by atoms with Gasteiger partial charge in [0.2, 0.25) is 5.91 Å². The summed E-state index contributed by atoms with van der Waals surface area (Å²) in [6.07, 6.45) is 0.471. The molecule has 1 saturated heterocycles. The molecule has 2 heterocycles. The first-order chi connectivity index (χ1) is 8.15. The maximum Gasteiger partial charge on any atom is 0.230 e. The molecular weight excluding hydrogens is 307 g/mol. The number of benzene rings is 1. The number of aromatic nitrogens is 1. The van der Waals surface area contributed by atoms with Crippen LogP contribution in [0.3, 0.4) is 0 Å². The Hall–Kier alpha value is -1.01. The highest BCUT2D eigenvalue weighted by molar-refractivity contribution is 9.09. The maximum atomic E-state index is 13.5. The number of alkyl halides is 1. The average molecular weight is 315 g/mol. The van der Waals surface area contributed by atoms with Crippen molar-refractivity contribution in [3.63, 3.8) is 0 Å². The van der Waals surface area contributed by atoms with Gasteiger partial charge in [0, 0.05) is 17.8 Å². The van der Waals surface area contributed by atoms with Crippen molar-refractivity contribution in [2.45, 2.75) is 11.2 Å². The SMILES string of the molecule is O=C1CC(Br)CN1c1nc2c(F)cccc2s1. The molecule has 3 rings (SSSR count). The molecule has 0 bridgehead atoms. The molecule has 6 heteroatoms. The Balaban J connectivity index is 2.07. The first kappa shape index (κ1) is 11.1. The largest absolute Gasteiger partial charge is 0.287 e. The zero-order valence-corrected chi connectivity index (χ0v) is 11.1. The Kier molecular flexibility index (Phi) is 2.63. The third-order valence-electron chi connectivity index (χ3n) is 2.67. The molecule has 88 valence electrons. The molecule has 17 heavy (non-hydrogen) atoms. The highest BCUT2D eigenvalue weighted by Crippen LogP contribution is 2.33. The first-order valence-corrected chi connectivity index (χ1v) is 6.88. The summed E-state index contributed by atoms with van der Waals surface area (Å²) in [5.41, 5.74) is 0.346. The van der Waals surface area contributed by atoms with Crippen molar-refractivity contribution < 1.29 is 9.18 Å². The number of para-hydroxylation sites is 1. The van der Waals surface area contributed by atoms with Crippen LogP contribution in [0.2, 0.25) is 0 Å². The minimum Gasteiger partial charge on any atom is -0.287 e. The van der Waals surface area contributed by atoms with Gasteiger partial charge in [-0.05, 0) is 12.1 Å². The number of thiazole rings is 1. The molecule has 0 spiro atoms. The lowest BCUT2D eigenvalue weighted by Gasteiger charge is -2.10. The zero-order valence-electron chi connectivity index (χ0n) is 8.69. The lowest BCUT2D eigenvalue weighted by molar-refractivity contribution is -0.117. The van der Waals surface area contributed by atoms with Crippen molar-refractivity contribution in [3.8, 4) is 0 Å². The van der Waals surface area contributed by atoms with Gasteiger partial charge in [0.1, 0.15) is 11.3 Å². The summed E-state index contributed by atoms with van der Waals surface area (Å²) in [5, 5.41) is 0.581. The normalized spacial score (nSPS) is 20.5. The predicted octanol–water partition coefficient (Wildman–Crippen LogP) is 2.94. The fourth-order valence-corrected chi connectivity index (χ4v) is 3.44. The second-order valence-corrected chi connectivity index (χ2v) is 6.19. The van der Waals surface area contributed by atoms with Crippen molar-refractivity contribution in [1.29, 1.82) is 0 Å². The Morgan fingerprint density at radius 1 is 1.53 bits per heavy atom. The summed E-state index contributed by atoms with van der Waals surface area (Å²) in [6, 6.07) is 4.84. The molecule has 0 saturated carbocycles. The van der Waals surface area contributed by atoms with E-state index in [1.54, 1.807) is 11.0 Å². The number of amides is 1. The van der Waals surface area contributed by atoms with Crippen LogP contribution in [0.25, 0.3) is 10.2 Å². The van der Waals surface area contributed by atoms with Gasteiger partial charge in [0.15, 0.2) is 5.13 Å². The fraction of sp³-hybridized carbons (Fsp3) is 0.273. The van der Waals surface area contributed by atoms with Gasteiger partial charge < -0.3 is 0 Å². The summed E-state index contributed by atoms with van der Waals surface area (Å²) in [6.45, 7) is 0.597. The van der Waals surface area contributed by atoms with Crippen LogP contribution in [0, 0.1) is 5.82 Å². The maximum absolute atomic E-state index is 13.5. The summed E-state index contributed by atoms with van der Waals surface area (Å²) in [4.78, 5) is 17.7. The van der Waals surface area contributed by atoms with Gasteiger partial charge >= 0.3 is 0 Å². The molecule has 1 fully saturated rings. The lowest BCUT2D eigenvalue weighted by Crippen LogP contribution is -2.24. The summed E-state index contributed by atoms with van der Waals surface area (Å²) in [7, 11) is 0. The van der Waals surface area contributed by atoms with Gasteiger partial charge in [-0.3, -0.25) is 9.69 Å². The van der Waals surface area contributed by atoms with Crippen LogP contribution >= 0.6 is 27.3 Å². The number of halogens is 2. The molecule has 0 N–H and O–H groups in total. The van der Waals surface area contributed by atoms with E-state index in [-0.39, 0.29) is 16.6 Å². The molecular formula is C11H8BrFN2OS. The zero-order chi connectivity index (χ0) is 12.0. The predicted molar refractivity (Wildman–Crippen MR) is 69.3 cm³/mol. The molecule has 2 aromatic rings. The monoisotopic (exact) mass is 314 g/mol. The number of hydrogen-bond acceptors (Lipinski definition) is 3. The Morgan fingerprint density at radius 3 is 3.00 bits per heavy atom. The van der Waals surface area contributed by atoms with Crippen molar-refractivity contribution in [2.24, 2.45) is 0 Å². The van der Waals surface area contributed by atoms with Gasteiger partial charge in [-0.1, -0.05) is 33.3 Å². The number of carbonyl (C=O) groups is 1. The second-order valence-electron chi connectivity index (χ2n) is 3.89. The number of hydrogen-bond donors (Lipinski definition) is 0. The third-order valence-corrected chi connectivity index (χ3v) is 4.32. The molecule has 1 aromatic carbocycles. The highest BCUT2D eigenvalue weighted by Gasteiger charge is 2.31. The standard InChI is InChI=1S/C11H8BrFN2OS/c12-6-4-9(16)15(5-6)11-14-10-7(13)2-1-3-8(10)17-11/h1-3,6H,4-5H2. The topological polar surface area (TPSA) is 33.2 Å². The number of rotatable bonds is 1. The molecule has 1 aliphatic heterocycles. The van der Waals surface area contributed by atoms with E-state index in [1.165, 1.54) is 17.4 Å². The smallest absolute Gasteiger partial charge is 0.230 e. The molecule has 1 atom stereocenters. The number of carbonyl (C=O) groups excluding carboxylic acids is 1. The average Bonchev–Trinajstić information content (AvgIpc) is 2.82. The van der Waals surface area contributed by atoms with E-state index < -0.39 is 0 Å². The summed E-state index contributed by atoms with van der Waals surface area (Å²) in [5.74, 6) is -0.307. The molecule has 1 aromatic heterocycles. The van der Waals surface area contributed by atoms with Gasteiger partial charge in [0.25, 0.3) is 0 Å². The van der Waals surface area contributed by atoms with Crippen LogP contribution in [-0.4, -0.2) is 22.3 Å². The summed E-state index contributed by atoms with van der Waals surface area (Å²) < 4.78 is 14.3. The Bertz CT molecular complexity index is 600. The first-order valence-electron chi connectivity index (χ1n) is 5.14. The van der Waals surface area contributed by atoms with Crippen LogP contribution in [0.5, 0.6) is 0 Å². The molecule has 0 aliphatic carbocycles. The molecule has 1 amide bonds. The van der Waals surface area contributed by atoms with Gasteiger partial charge in [0.05, 0.1) is 4.70 Å². The quantitative estimate of drug-likeness (QED) is 0.758. The van der Waals surface area contributed by atoms with Crippen molar-refractivity contribution in [2.75, 3.05) is 11.4 Å².